The Morgan fingerprint density at radius 3 is 2.70 bits per heavy atom. The molecule has 0 fully saturated rings. The number of hydrogen-bond acceptors (Lipinski definition) is 2. The minimum absolute atomic E-state index is 0.283. The van der Waals surface area contributed by atoms with Gasteiger partial charge < -0.3 is 9.88 Å². The monoisotopic (exact) mass is 269 g/mol. The Morgan fingerprint density at radius 1 is 1.25 bits per heavy atom. The maximum absolute atomic E-state index is 13.7. The van der Waals surface area contributed by atoms with E-state index in [1.54, 1.807) is 54.3 Å². The topological polar surface area (TPSA) is 46.9 Å². The average molecular weight is 269 g/mol. The molecule has 5 heteroatoms. The number of nitrogens with one attached hydrogen (secondary N) is 1. The summed E-state index contributed by atoms with van der Waals surface area (Å²) >= 11 is 0. The highest BCUT2D eigenvalue weighted by Gasteiger charge is 2.15. The number of amides is 1. The molecule has 2 aromatic heterocycles. The van der Waals surface area contributed by atoms with E-state index in [0.717, 1.165) is 0 Å². The van der Waals surface area contributed by atoms with Gasteiger partial charge in [0.2, 0.25) is 0 Å². The lowest BCUT2D eigenvalue weighted by molar-refractivity contribution is 0.102. The number of halogens is 1. The fourth-order valence-corrected chi connectivity index (χ4v) is 2.17. The molecule has 3 aromatic rings. The third kappa shape index (κ3) is 2.03. The van der Waals surface area contributed by atoms with E-state index in [2.05, 4.69) is 10.3 Å². The molecule has 0 saturated carbocycles. The summed E-state index contributed by atoms with van der Waals surface area (Å²) in [5.74, 6) is -0.615. The lowest BCUT2D eigenvalue weighted by atomic mass is 10.2. The molecule has 1 N–H and O–H groups in total. The van der Waals surface area contributed by atoms with Gasteiger partial charge in [-0.15, -0.1) is 0 Å². The number of benzene rings is 1. The molecule has 0 unspecified atom stereocenters. The van der Waals surface area contributed by atoms with Crippen molar-refractivity contribution in [2.24, 2.45) is 7.05 Å². The Hall–Kier alpha value is -2.69. The first-order chi connectivity index (χ1) is 9.66. The van der Waals surface area contributed by atoms with E-state index in [1.807, 2.05) is 0 Å². The van der Waals surface area contributed by atoms with Crippen molar-refractivity contribution in [3.63, 3.8) is 0 Å². The van der Waals surface area contributed by atoms with Gasteiger partial charge >= 0.3 is 0 Å². The number of pyridine rings is 1. The fourth-order valence-electron chi connectivity index (χ4n) is 2.17. The Labute approximate surface area is 114 Å². The van der Waals surface area contributed by atoms with E-state index in [-0.39, 0.29) is 11.7 Å². The molecule has 0 aliphatic rings. The van der Waals surface area contributed by atoms with Gasteiger partial charge in [-0.3, -0.25) is 9.78 Å². The van der Waals surface area contributed by atoms with Crippen LogP contribution >= 0.6 is 0 Å². The van der Waals surface area contributed by atoms with Crippen LogP contribution in [0.25, 0.3) is 10.9 Å². The van der Waals surface area contributed by atoms with Gasteiger partial charge in [-0.25, -0.2) is 4.39 Å². The third-order valence-electron chi connectivity index (χ3n) is 3.20. The SMILES string of the molecule is Cn1c(C(=O)Nc2ccncc2)cc2c(F)cccc21. The Kier molecular flexibility index (Phi) is 2.95. The average Bonchev–Trinajstić information content (AvgIpc) is 2.79. The number of aromatic nitrogens is 2. The van der Waals surface area contributed by atoms with Crippen LogP contribution in [-0.2, 0) is 7.05 Å². The highest BCUT2D eigenvalue weighted by Crippen LogP contribution is 2.22. The predicted octanol–water partition coefficient (Wildman–Crippen LogP) is 2.96. The van der Waals surface area contributed by atoms with E-state index in [4.69, 9.17) is 0 Å². The number of fused-ring (bicyclic) bond motifs is 1. The van der Waals surface area contributed by atoms with Crippen LogP contribution in [0, 0.1) is 5.82 Å². The van der Waals surface area contributed by atoms with Crippen molar-refractivity contribution in [2.45, 2.75) is 0 Å². The molecule has 0 spiro atoms. The lowest BCUT2D eigenvalue weighted by Crippen LogP contribution is -2.15. The molecule has 0 bridgehead atoms. The molecular formula is C15H12FN3O. The standard InChI is InChI=1S/C15H12FN3O/c1-19-13-4-2-3-12(16)11(13)9-14(19)15(20)18-10-5-7-17-8-6-10/h2-9H,1H3,(H,17,18,20). The van der Waals surface area contributed by atoms with Gasteiger partial charge in [-0.05, 0) is 30.3 Å². The Bertz CT molecular complexity index is 780. The summed E-state index contributed by atoms with van der Waals surface area (Å²) in [6.07, 6.45) is 3.19. The van der Waals surface area contributed by atoms with Crippen molar-refractivity contribution in [3.05, 3.63) is 60.3 Å². The van der Waals surface area contributed by atoms with Gasteiger partial charge in [-0.2, -0.15) is 0 Å². The lowest BCUT2D eigenvalue weighted by Gasteiger charge is -2.06. The van der Waals surface area contributed by atoms with E-state index < -0.39 is 0 Å². The fraction of sp³-hybridized carbons (Fsp3) is 0.0667. The molecule has 2 heterocycles. The maximum Gasteiger partial charge on any atom is 0.272 e. The van der Waals surface area contributed by atoms with E-state index in [9.17, 15) is 9.18 Å². The van der Waals surface area contributed by atoms with Crippen molar-refractivity contribution >= 4 is 22.5 Å². The first kappa shape index (κ1) is 12.3. The molecule has 0 aliphatic heterocycles. The zero-order valence-corrected chi connectivity index (χ0v) is 10.8. The summed E-state index contributed by atoms with van der Waals surface area (Å²) in [7, 11) is 1.74. The van der Waals surface area contributed by atoms with Gasteiger partial charge in [-0.1, -0.05) is 6.07 Å². The van der Waals surface area contributed by atoms with Crippen LogP contribution in [-0.4, -0.2) is 15.5 Å². The molecule has 0 saturated heterocycles. The second-order valence-electron chi connectivity index (χ2n) is 4.45. The van der Waals surface area contributed by atoms with Crippen LogP contribution < -0.4 is 5.32 Å². The minimum atomic E-state index is -0.332. The predicted molar refractivity (Wildman–Crippen MR) is 75.1 cm³/mol. The minimum Gasteiger partial charge on any atom is -0.340 e. The molecule has 1 amide bonds. The van der Waals surface area contributed by atoms with Crippen molar-refractivity contribution in [2.75, 3.05) is 5.32 Å². The summed E-state index contributed by atoms with van der Waals surface area (Å²) in [6.45, 7) is 0. The van der Waals surface area contributed by atoms with Gasteiger partial charge in [0, 0.05) is 30.5 Å². The molecular weight excluding hydrogens is 257 g/mol. The van der Waals surface area contributed by atoms with Crippen LogP contribution in [0.3, 0.4) is 0 Å². The second-order valence-corrected chi connectivity index (χ2v) is 4.45. The summed E-state index contributed by atoms with van der Waals surface area (Å²) in [4.78, 5) is 16.1. The summed E-state index contributed by atoms with van der Waals surface area (Å²) in [5, 5.41) is 3.20. The quantitative estimate of drug-likeness (QED) is 0.777. The van der Waals surface area contributed by atoms with E-state index in [0.29, 0.717) is 22.3 Å². The van der Waals surface area contributed by atoms with Crippen molar-refractivity contribution < 1.29 is 9.18 Å². The zero-order valence-electron chi connectivity index (χ0n) is 10.8. The molecule has 1 aromatic carbocycles. The van der Waals surface area contributed by atoms with Gasteiger partial charge in [0.05, 0.1) is 5.52 Å². The summed E-state index contributed by atoms with van der Waals surface area (Å²) < 4.78 is 15.4. The van der Waals surface area contributed by atoms with Gasteiger partial charge in [0.1, 0.15) is 11.5 Å². The van der Waals surface area contributed by atoms with Gasteiger partial charge in [0.15, 0.2) is 0 Å². The Balaban J connectivity index is 2.00. The smallest absolute Gasteiger partial charge is 0.272 e. The van der Waals surface area contributed by atoms with Crippen LogP contribution in [0.15, 0.2) is 48.8 Å². The third-order valence-corrected chi connectivity index (χ3v) is 3.20. The number of anilines is 1. The van der Waals surface area contributed by atoms with E-state index in [1.165, 1.54) is 6.07 Å². The van der Waals surface area contributed by atoms with Crippen LogP contribution in [0.1, 0.15) is 10.5 Å². The normalized spacial score (nSPS) is 10.7. The molecule has 0 atom stereocenters. The van der Waals surface area contributed by atoms with E-state index >= 15 is 0 Å². The number of rotatable bonds is 2. The molecule has 3 rings (SSSR count). The first-order valence-corrected chi connectivity index (χ1v) is 6.12. The first-order valence-electron chi connectivity index (χ1n) is 6.12. The van der Waals surface area contributed by atoms with Gasteiger partial charge in [0.25, 0.3) is 5.91 Å². The molecule has 0 aliphatic carbocycles. The van der Waals surface area contributed by atoms with Crippen LogP contribution in [0.5, 0.6) is 0 Å². The highest BCUT2D eigenvalue weighted by molar-refractivity contribution is 6.06. The Morgan fingerprint density at radius 2 is 2.00 bits per heavy atom. The molecule has 4 nitrogen and oxygen atoms in total. The number of carbonyl (C=O) groups is 1. The van der Waals surface area contributed by atoms with Crippen molar-refractivity contribution in [3.8, 4) is 0 Å². The molecule has 20 heavy (non-hydrogen) atoms. The largest absolute Gasteiger partial charge is 0.340 e. The van der Waals surface area contributed by atoms with Crippen LogP contribution in [0.4, 0.5) is 10.1 Å². The second kappa shape index (κ2) is 4.77. The highest BCUT2D eigenvalue weighted by atomic mass is 19.1. The zero-order chi connectivity index (χ0) is 14.1. The number of nitrogens with zero attached hydrogens (tertiary/aromatic N) is 2. The van der Waals surface area contributed by atoms with Crippen molar-refractivity contribution in [1.82, 2.24) is 9.55 Å². The number of hydrogen-bond donors (Lipinski definition) is 1. The summed E-state index contributed by atoms with van der Waals surface area (Å²) in [6, 6.07) is 9.74. The van der Waals surface area contributed by atoms with Crippen LogP contribution in [0.2, 0.25) is 0 Å². The maximum atomic E-state index is 13.7. The molecule has 0 radical (unpaired) electrons. The number of aryl methyl sites for hydroxylation is 1. The number of carbonyl (C=O) groups excluding carboxylic acids is 1. The van der Waals surface area contributed by atoms with Crippen molar-refractivity contribution in [1.29, 1.82) is 0 Å². The summed E-state index contributed by atoms with van der Waals surface area (Å²) in [5.41, 5.74) is 1.74. The molecule has 100 valence electrons.